The summed E-state index contributed by atoms with van der Waals surface area (Å²) in [6, 6.07) is 1.05. The first-order valence-corrected chi connectivity index (χ1v) is 6.59. The number of benzene rings is 1. The van der Waals surface area contributed by atoms with E-state index in [0.717, 1.165) is 6.07 Å². The van der Waals surface area contributed by atoms with Gasteiger partial charge in [-0.25, -0.2) is 8.78 Å². The molecule has 8 heteroatoms. The average molecular weight is 323 g/mol. The fourth-order valence-electron chi connectivity index (χ4n) is 1.41. The Morgan fingerprint density at radius 2 is 1.71 bits per heavy atom. The van der Waals surface area contributed by atoms with E-state index in [1.807, 2.05) is 0 Å². The molecule has 1 rings (SSSR count). The fraction of sp³-hybridized carbons (Fsp3) is 0.538. The van der Waals surface area contributed by atoms with Crippen LogP contribution in [0.25, 0.3) is 0 Å². The molecule has 1 aromatic carbocycles. The van der Waals surface area contributed by atoms with Crippen LogP contribution in [0.1, 0.15) is 27.7 Å². The highest BCUT2D eigenvalue weighted by Crippen LogP contribution is 2.29. The monoisotopic (exact) mass is 322 g/mol. The quantitative estimate of drug-likeness (QED) is 0.642. The topological polar surface area (TPSA) is 58.9 Å². The van der Waals surface area contributed by atoms with Crippen LogP contribution in [0.2, 0.25) is 5.02 Å². The van der Waals surface area contributed by atoms with Crippen molar-refractivity contribution < 1.29 is 28.3 Å². The molecule has 0 saturated heterocycles. The van der Waals surface area contributed by atoms with E-state index in [0.29, 0.717) is 0 Å². The van der Waals surface area contributed by atoms with Crippen LogP contribution in [0, 0.1) is 11.6 Å². The molecule has 0 aliphatic heterocycles. The van der Waals surface area contributed by atoms with Crippen molar-refractivity contribution in [3.8, 4) is 5.75 Å². The van der Waals surface area contributed by atoms with Crippen LogP contribution in [0.5, 0.6) is 5.75 Å². The summed E-state index contributed by atoms with van der Waals surface area (Å²) in [6.07, 6.45) is 0. The van der Waals surface area contributed by atoms with E-state index in [4.69, 9.17) is 21.0 Å². The van der Waals surface area contributed by atoms with Crippen LogP contribution in [0.15, 0.2) is 6.07 Å². The van der Waals surface area contributed by atoms with Crippen LogP contribution >= 0.6 is 11.6 Å². The molecular formula is C13H18BClF2O4. The molecule has 21 heavy (non-hydrogen) atoms. The van der Waals surface area contributed by atoms with Crippen molar-refractivity contribution in [2.45, 2.75) is 38.9 Å². The van der Waals surface area contributed by atoms with Gasteiger partial charge < -0.3 is 19.5 Å². The third-order valence-corrected chi connectivity index (χ3v) is 3.86. The average Bonchev–Trinajstić information content (AvgIpc) is 2.34. The van der Waals surface area contributed by atoms with Gasteiger partial charge in [0.05, 0.1) is 18.3 Å². The van der Waals surface area contributed by atoms with Crippen LogP contribution in [-0.4, -0.2) is 35.6 Å². The van der Waals surface area contributed by atoms with Gasteiger partial charge in [0.25, 0.3) is 0 Å². The molecule has 1 aromatic rings. The summed E-state index contributed by atoms with van der Waals surface area (Å²) in [6.45, 7) is 5.97. The lowest BCUT2D eigenvalue weighted by Crippen LogP contribution is -2.53. The molecule has 0 fully saturated rings. The van der Waals surface area contributed by atoms with Gasteiger partial charge >= 0.3 is 7.12 Å². The van der Waals surface area contributed by atoms with E-state index in [9.17, 15) is 18.9 Å². The number of aliphatic hydroxyl groups is 1. The number of hydrogen-bond acceptors (Lipinski definition) is 4. The molecule has 0 heterocycles. The molecule has 0 bridgehead atoms. The van der Waals surface area contributed by atoms with Gasteiger partial charge in [0, 0.05) is 5.46 Å². The van der Waals surface area contributed by atoms with Crippen LogP contribution < -0.4 is 10.2 Å². The third kappa shape index (κ3) is 3.66. The number of ether oxygens (including phenoxy) is 1. The predicted octanol–water partition coefficient (Wildman–Crippen LogP) is 1.88. The minimum atomic E-state index is -1.80. The lowest BCUT2D eigenvalue weighted by molar-refractivity contribution is -0.0983. The number of halogens is 3. The van der Waals surface area contributed by atoms with Crippen molar-refractivity contribution in [1.29, 1.82) is 0 Å². The first-order chi connectivity index (χ1) is 9.42. The minimum absolute atomic E-state index is 0.130. The van der Waals surface area contributed by atoms with E-state index in [1.165, 1.54) is 34.8 Å². The largest absolute Gasteiger partial charge is 0.495 e. The lowest BCUT2D eigenvalue weighted by atomic mass is 9.76. The zero-order chi connectivity index (χ0) is 16.6. The Morgan fingerprint density at radius 1 is 1.19 bits per heavy atom. The molecule has 0 radical (unpaired) electrons. The Hall–Kier alpha value is -0.885. The van der Waals surface area contributed by atoms with Crippen LogP contribution in [0.3, 0.4) is 0 Å². The zero-order valence-electron chi connectivity index (χ0n) is 12.5. The lowest BCUT2D eigenvalue weighted by Gasteiger charge is -2.38. The SMILES string of the molecule is COc1cc(B(O)OC(C)(C)C(C)(C)O)c(F)c(F)c1Cl. The van der Waals surface area contributed by atoms with Crippen molar-refractivity contribution in [1.82, 2.24) is 0 Å². The van der Waals surface area contributed by atoms with Gasteiger partial charge in [0.15, 0.2) is 11.6 Å². The maximum absolute atomic E-state index is 13.9. The van der Waals surface area contributed by atoms with Gasteiger partial charge in [0.2, 0.25) is 0 Å². The molecular weight excluding hydrogens is 304 g/mol. The van der Waals surface area contributed by atoms with E-state index in [1.54, 1.807) is 0 Å². The normalized spacial score (nSPS) is 12.5. The van der Waals surface area contributed by atoms with E-state index < -0.39 is 40.4 Å². The zero-order valence-corrected chi connectivity index (χ0v) is 13.3. The maximum atomic E-state index is 13.9. The Morgan fingerprint density at radius 3 is 2.14 bits per heavy atom. The van der Waals surface area contributed by atoms with E-state index in [-0.39, 0.29) is 5.75 Å². The second-order valence-electron chi connectivity index (χ2n) is 5.65. The number of methoxy groups -OCH3 is 1. The Bertz CT molecular complexity index is 532. The minimum Gasteiger partial charge on any atom is -0.495 e. The summed E-state index contributed by atoms with van der Waals surface area (Å²) >= 11 is 5.58. The Kier molecular flexibility index (Phi) is 5.26. The molecule has 2 N–H and O–H groups in total. The summed E-state index contributed by atoms with van der Waals surface area (Å²) in [5.41, 5.74) is -3.01. The Balaban J connectivity index is 3.20. The van der Waals surface area contributed by atoms with Gasteiger partial charge in [-0.2, -0.15) is 0 Å². The Labute approximate surface area is 127 Å². The fourth-order valence-corrected chi connectivity index (χ4v) is 1.63. The van der Waals surface area contributed by atoms with E-state index >= 15 is 0 Å². The summed E-state index contributed by atoms with van der Waals surface area (Å²) in [4.78, 5) is 0. The first kappa shape index (κ1) is 18.2. The molecule has 0 amide bonds. The smallest absolute Gasteiger partial charge is 0.494 e. The number of rotatable bonds is 5. The molecule has 0 aromatic heterocycles. The first-order valence-electron chi connectivity index (χ1n) is 6.22. The van der Waals surface area contributed by atoms with Crippen LogP contribution in [0.4, 0.5) is 8.78 Å². The summed E-state index contributed by atoms with van der Waals surface area (Å²) in [5.74, 6) is -2.80. The molecule has 4 nitrogen and oxygen atoms in total. The van der Waals surface area contributed by atoms with Crippen molar-refractivity contribution >= 4 is 24.2 Å². The van der Waals surface area contributed by atoms with Gasteiger partial charge in [-0.1, -0.05) is 11.6 Å². The van der Waals surface area contributed by atoms with Crippen molar-refractivity contribution in [2.75, 3.05) is 7.11 Å². The summed E-state index contributed by atoms with van der Waals surface area (Å²) in [5, 5.41) is 19.4. The second-order valence-corrected chi connectivity index (χ2v) is 6.03. The number of hydrogen-bond donors (Lipinski definition) is 2. The predicted molar refractivity (Wildman–Crippen MR) is 77.0 cm³/mol. The van der Waals surface area contributed by atoms with Gasteiger partial charge in [-0.15, -0.1) is 0 Å². The van der Waals surface area contributed by atoms with Gasteiger partial charge in [0.1, 0.15) is 10.8 Å². The molecule has 0 spiro atoms. The highest BCUT2D eigenvalue weighted by atomic mass is 35.5. The molecule has 0 saturated carbocycles. The van der Waals surface area contributed by atoms with E-state index in [2.05, 4.69) is 0 Å². The highest BCUT2D eigenvalue weighted by molar-refractivity contribution is 6.60. The van der Waals surface area contributed by atoms with Crippen LogP contribution in [-0.2, 0) is 4.65 Å². The van der Waals surface area contributed by atoms with Crippen molar-refractivity contribution in [3.63, 3.8) is 0 Å². The third-order valence-electron chi connectivity index (χ3n) is 3.51. The van der Waals surface area contributed by atoms with Gasteiger partial charge in [-0.3, -0.25) is 0 Å². The second kappa shape index (κ2) is 6.08. The van der Waals surface area contributed by atoms with Gasteiger partial charge in [-0.05, 0) is 33.8 Å². The molecule has 0 unspecified atom stereocenters. The maximum Gasteiger partial charge on any atom is 0.494 e. The van der Waals surface area contributed by atoms with Crippen molar-refractivity contribution in [2.24, 2.45) is 0 Å². The molecule has 118 valence electrons. The molecule has 0 atom stereocenters. The highest BCUT2D eigenvalue weighted by Gasteiger charge is 2.41. The summed E-state index contributed by atoms with van der Waals surface area (Å²) < 4.78 is 37.6. The standard InChI is InChI=1S/C13H18BClF2O4/c1-12(2,18)13(3,4)21-14(19)7-6-8(20-5)9(15)11(17)10(7)16/h6,18-19H,1-5H3. The molecule has 0 aliphatic carbocycles. The molecule has 0 aliphatic rings. The van der Waals surface area contributed by atoms with Crippen molar-refractivity contribution in [3.05, 3.63) is 22.7 Å². The summed E-state index contributed by atoms with van der Waals surface area (Å²) in [7, 11) is -0.567.